The van der Waals surface area contributed by atoms with E-state index in [-0.39, 0.29) is 0 Å². The van der Waals surface area contributed by atoms with Crippen LogP contribution in [0.5, 0.6) is 0 Å². The van der Waals surface area contributed by atoms with Crippen molar-refractivity contribution >= 4 is 12.8 Å². The first kappa shape index (κ1) is 9.27. The molecule has 0 atom stereocenters. The zero-order valence-electron chi connectivity index (χ0n) is 6.13. The predicted octanol–water partition coefficient (Wildman–Crippen LogP) is 1.19. The first-order chi connectivity index (χ1) is 4.39. The highest BCUT2D eigenvalue weighted by Gasteiger charge is 2.03. The molecular formula is C6H15NOS. The molecule has 56 valence electrons. The quantitative estimate of drug-likeness (QED) is 0.519. The number of morpholine rings is 1. The van der Waals surface area contributed by atoms with Crippen LogP contribution in [0.4, 0.5) is 0 Å². The van der Waals surface area contributed by atoms with E-state index >= 15 is 0 Å². The Morgan fingerprint density at radius 1 is 1.22 bits per heavy atom. The summed E-state index contributed by atoms with van der Waals surface area (Å²) in [5.41, 5.74) is 0. The molecule has 0 aromatic carbocycles. The topological polar surface area (TPSA) is 12.5 Å². The minimum Gasteiger partial charge on any atom is -0.379 e. The molecule has 0 aliphatic carbocycles. The summed E-state index contributed by atoms with van der Waals surface area (Å²) in [7, 11) is 0. The van der Waals surface area contributed by atoms with Crippen molar-refractivity contribution in [2.45, 2.75) is 13.8 Å². The van der Waals surface area contributed by atoms with Gasteiger partial charge in [0.1, 0.15) is 0 Å². The predicted molar refractivity (Wildman–Crippen MR) is 42.7 cm³/mol. The Kier molecular flexibility index (Phi) is 6.58. The number of hydrogen-bond donors (Lipinski definition) is 1. The molecule has 1 aliphatic heterocycles. The highest BCUT2D eigenvalue weighted by atomic mass is 32.1. The summed E-state index contributed by atoms with van der Waals surface area (Å²) in [6.45, 7) is 7.60. The summed E-state index contributed by atoms with van der Waals surface area (Å²) < 4.78 is 7.01. The zero-order valence-corrected chi connectivity index (χ0v) is 7.03. The Hall–Kier alpha value is 0.270. The van der Waals surface area contributed by atoms with Crippen molar-refractivity contribution in [2.24, 2.45) is 0 Å². The lowest BCUT2D eigenvalue weighted by Crippen LogP contribution is -2.28. The van der Waals surface area contributed by atoms with Crippen LogP contribution >= 0.6 is 12.8 Å². The molecule has 0 aromatic rings. The lowest BCUT2D eigenvalue weighted by molar-refractivity contribution is 0.0781. The maximum absolute atomic E-state index is 5.05. The third-order valence-electron chi connectivity index (χ3n) is 0.987. The van der Waals surface area contributed by atoms with Gasteiger partial charge in [-0.05, 0) is 0 Å². The van der Waals surface area contributed by atoms with Crippen molar-refractivity contribution < 1.29 is 4.74 Å². The van der Waals surface area contributed by atoms with Gasteiger partial charge in [0.05, 0.1) is 13.2 Å². The minimum absolute atomic E-state index is 0.837. The Morgan fingerprint density at radius 3 is 1.89 bits per heavy atom. The maximum Gasteiger partial charge on any atom is 0.0603 e. The number of thiol groups is 1. The van der Waals surface area contributed by atoms with Crippen molar-refractivity contribution in [3.63, 3.8) is 0 Å². The zero-order chi connectivity index (χ0) is 7.11. The van der Waals surface area contributed by atoms with Gasteiger partial charge in [-0.3, -0.25) is 0 Å². The van der Waals surface area contributed by atoms with Crippen LogP contribution in [0.2, 0.25) is 0 Å². The summed E-state index contributed by atoms with van der Waals surface area (Å²) in [4.78, 5) is 0. The molecule has 0 aromatic heterocycles. The molecule has 9 heavy (non-hydrogen) atoms. The largest absolute Gasteiger partial charge is 0.379 e. The number of hydrogen-bond acceptors (Lipinski definition) is 3. The second kappa shape index (κ2) is 6.39. The molecule has 0 unspecified atom stereocenters. The van der Waals surface area contributed by atoms with Gasteiger partial charge in [-0.25, -0.2) is 4.31 Å². The molecule has 0 amide bonds. The second-order valence-electron chi connectivity index (χ2n) is 1.57. The van der Waals surface area contributed by atoms with E-state index < -0.39 is 0 Å². The van der Waals surface area contributed by atoms with Crippen molar-refractivity contribution in [2.75, 3.05) is 26.3 Å². The SMILES string of the molecule is CC.SN1CCOCC1. The van der Waals surface area contributed by atoms with E-state index in [1.54, 1.807) is 0 Å². The summed E-state index contributed by atoms with van der Waals surface area (Å²) in [6, 6.07) is 0. The number of ether oxygens (including phenoxy) is 1. The molecule has 1 heterocycles. The average molecular weight is 149 g/mol. The van der Waals surface area contributed by atoms with Crippen LogP contribution in [0.25, 0.3) is 0 Å². The maximum atomic E-state index is 5.05. The lowest BCUT2D eigenvalue weighted by Gasteiger charge is -2.19. The number of nitrogens with zero attached hydrogens (tertiary/aromatic N) is 1. The summed E-state index contributed by atoms with van der Waals surface area (Å²) in [5, 5.41) is 0. The van der Waals surface area contributed by atoms with Gasteiger partial charge >= 0.3 is 0 Å². The van der Waals surface area contributed by atoms with Gasteiger partial charge in [-0.1, -0.05) is 26.7 Å². The van der Waals surface area contributed by atoms with Gasteiger partial charge in [0, 0.05) is 13.1 Å². The fourth-order valence-electron chi connectivity index (χ4n) is 0.554. The molecule has 0 spiro atoms. The van der Waals surface area contributed by atoms with Crippen molar-refractivity contribution in [3.05, 3.63) is 0 Å². The monoisotopic (exact) mass is 149 g/mol. The van der Waals surface area contributed by atoms with Crippen LogP contribution in [0.3, 0.4) is 0 Å². The number of rotatable bonds is 0. The van der Waals surface area contributed by atoms with Gasteiger partial charge in [-0.2, -0.15) is 0 Å². The van der Waals surface area contributed by atoms with E-state index in [0.717, 1.165) is 26.3 Å². The fraction of sp³-hybridized carbons (Fsp3) is 1.00. The van der Waals surface area contributed by atoms with E-state index in [4.69, 9.17) is 4.74 Å². The van der Waals surface area contributed by atoms with Crippen LogP contribution in [0, 0.1) is 0 Å². The van der Waals surface area contributed by atoms with Crippen LogP contribution in [-0.4, -0.2) is 30.6 Å². The highest BCUT2D eigenvalue weighted by Crippen LogP contribution is 1.97. The Balaban J connectivity index is 0.000000291. The summed E-state index contributed by atoms with van der Waals surface area (Å²) in [6.07, 6.45) is 0. The molecule has 1 aliphatic rings. The van der Waals surface area contributed by atoms with Crippen molar-refractivity contribution in [1.82, 2.24) is 4.31 Å². The molecular weight excluding hydrogens is 134 g/mol. The van der Waals surface area contributed by atoms with Crippen LogP contribution in [0.15, 0.2) is 0 Å². The van der Waals surface area contributed by atoms with Crippen LogP contribution < -0.4 is 0 Å². The molecule has 0 bridgehead atoms. The van der Waals surface area contributed by atoms with Gasteiger partial charge in [-0.15, -0.1) is 0 Å². The van der Waals surface area contributed by atoms with Gasteiger partial charge in [0.2, 0.25) is 0 Å². The first-order valence-corrected chi connectivity index (χ1v) is 3.81. The van der Waals surface area contributed by atoms with Crippen LogP contribution in [0.1, 0.15) is 13.8 Å². The van der Waals surface area contributed by atoms with Gasteiger partial charge < -0.3 is 4.74 Å². The minimum atomic E-state index is 0.837. The highest BCUT2D eigenvalue weighted by molar-refractivity contribution is 7.77. The Bertz CT molecular complexity index is 55.0. The van der Waals surface area contributed by atoms with E-state index in [0.29, 0.717) is 0 Å². The molecule has 0 N–H and O–H groups in total. The second-order valence-corrected chi connectivity index (χ2v) is 2.13. The molecule has 0 saturated carbocycles. The first-order valence-electron chi connectivity index (χ1n) is 3.41. The third-order valence-corrected chi connectivity index (χ3v) is 1.39. The normalized spacial score (nSPS) is 20.3. The average Bonchev–Trinajstić information content (AvgIpc) is 1.94. The molecule has 1 fully saturated rings. The van der Waals surface area contributed by atoms with Crippen LogP contribution in [-0.2, 0) is 4.74 Å². The molecule has 1 saturated heterocycles. The van der Waals surface area contributed by atoms with Crippen molar-refractivity contribution in [3.8, 4) is 0 Å². The summed E-state index contributed by atoms with van der Waals surface area (Å²) in [5.74, 6) is 0. The molecule has 1 rings (SSSR count). The van der Waals surface area contributed by atoms with E-state index in [2.05, 4.69) is 12.8 Å². The Labute approximate surface area is 62.7 Å². The van der Waals surface area contributed by atoms with E-state index in [1.807, 2.05) is 18.2 Å². The third kappa shape index (κ3) is 4.75. The standard InChI is InChI=1S/C4H9NOS.C2H6/c7-5-1-3-6-4-2-5;1-2/h7H,1-4H2;1-2H3. The van der Waals surface area contributed by atoms with Gasteiger partial charge in [0.15, 0.2) is 0 Å². The Morgan fingerprint density at radius 2 is 1.67 bits per heavy atom. The molecule has 2 nitrogen and oxygen atoms in total. The lowest BCUT2D eigenvalue weighted by atomic mass is 10.5. The molecule has 3 heteroatoms. The summed E-state index contributed by atoms with van der Waals surface area (Å²) >= 11 is 4.11. The van der Waals surface area contributed by atoms with E-state index in [9.17, 15) is 0 Å². The fourth-order valence-corrected chi connectivity index (χ4v) is 0.717. The van der Waals surface area contributed by atoms with Gasteiger partial charge in [0.25, 0.3) is 0 Å². The smallest absolute Gasteiger partial charge is 0.0603 e. The molecule has 0 radical (unpaired) electrons. The van der Waals surface area contributed by atoms with Crippen molar-refractivity contribution in [1.29, 1.82) is 0 Å². The van der Waals surface area contributed by atoms with E-state index in [1.165, 1.54) is 0 Å².